The Balaban J connectivity index is 2.10. The maximum absolute atomic E-state index is 6.23. The Bertz CT molecular complexity index is 355. The zero-order valence-electron chi connectivity index (χ0n) is 9.33. The second kappa shape index (κ2) is 5.92. The third kappa shape index (κ3) is 2.92. The fraction of sp³-hybridized carbons (Fsp3) is 0.500. The fourth-order valence-corrected chi connectivity index (χ4v) is 3.00. The molecule has 0 aromatic heterocycles. The van der Waals surface area contributed by atoms with Crippen LogP contribution in [0.5, 0.6) is 0 Å². The number of benzene rings is 1. The summed E-state index contributed by atoms with van der Waals surface area (Å²) in [4.78, 5) is 1.28. The molecule has 0 saturated carbocycles. The Kier molecular flexibility index (Phi) is 4.53. The lowest BCUT2D eigenvalue weighted by atomic mass is 10.2. The molecule has 0 radical (unpaired) electrons. The Hall–Kier alpha value is -0.220. The molecule has 0 amide bonds. The topological polar surface area (TPSA) is 21.3 Å². The molecule has 1 heterocycles. The van der Waals surface area contributed by atoms with Crippen LogP contribution in [0.1, 0.15) is 12.5 Å². The van der Waals surface area contributed by atoms with Crippen LogP contribution in [0, 0.1) is 0 Å². The van der Waals surface area contributed by atoms with Crippen LogP contribution in [0.3, 0.4) is 0 Å². The Labute approximate surface area is 106 Å². The average molecular weight is 258 g/mol. The predicted octanol–water partition coefficient (Wildman–Crippen LogP) is 2.94. The van der Waals surface area contributed by atoms with Gasteiger partial charge in [-0.1, -0.05) is 24.6 Å². The third-order valence-corrected chi connectivity index (χ3v) is 4.12. The molecule has 4 heteroatoms. The monoisotopic (exact) mass is 257 g/mol. The van der Waals surface area contributed by atoms with Crippen molar-refractivity contribution in [1.82, 2.24) is 5.32 Å². The number of hydrogen-bond donors (Lipinski definition) is 1. The summed E-state index contributed by atoms with van der Waals surface area (Å²) < 4.78 is 5.19. The van der Waals surface area contributed by atoms with Gasteiger partial charge in [-0.05, 0) is 24.2 Å². The average Bonchev–Trinajstić information content (AvgIpc) is 2.22. The van der Waals surface area contributed by atoms with Gasteiger partial charge in [0, 0.05) is 16.5 Å². The molecule has 2 rings (SSSR count). The van der Waals surface area contributed by atoms with Gasteiger partial charge in [-0.25, -0.2) is 0 Å². The van der Waals surface area contributed by atoms with Crippen molar-refractivity contribution in [3.63, 3.8) is 0 Å². The molecule has 1 aliphatic rings. The van der Waals surface area contributed by atoms with Crippen molar-refractivity contribution < 1.29 is 4.74 Å². The van der Waals surface area contributed by atoms with E-state index in [9.17, 15) is 0 Å². The quantitative estimate of drug-likeness (QED) is 0.876. The first-order valence-electron chi connectivity index (χ1n) is 5.53. The van der Waals surface area contributed by atoms with Crippen molar-refractivity contribution in [2.75, 3.05) is 19.8 Å². The van der Waals surface area contributed by atoms with E-state index in [4.69, 9.17) is 16.3 Å². The summed E-state index contributed by atoms with van der Waals surface area (Å²) >= 11 is 8.10. The number of ether oxygens (including phenoxy) is 1. The second-order valence-electron chi connectivity index (χ2n) is 3.77. The molecule has 0 atom stereocenters. The van der Waals surface area contributed by atoms with Gasteiger partial charge in [-0.15, -0.1) is 11.8 Å². The van der Waals surface area contributed by atoms with E-state index in [1.54, 1.807) is 0 Å². The van der Waals surface area contributed by atoms with Gasteiger partial charge in [0.05, 0.1) is 18.5 Å². The van der Waals surface area contributed by atoms with Crippen LogP contribution in [0.15, 0.2) is 23.1 Å². The molecule has 1 fully saturated rings. The van der Waals surface area contributed by atoms with Crippen LogP contribution >= 0.6 is 23.4 Å². The van der Waals surface area contributed by atoms with Crippen molar-refractivity contribution in [2.24, 2.45) is 0 Å². The highest BCUT2D eigenvalue weighted by Crippen LogP contribution is 2.33. The summed E-state index contributed by atoms with van der Waals surface area (Å²) in [7, 11) is 0. The number of rotatable bonds is 5. The van der Waals surface area contributed by atoms with Crippen LogP contribution in [0.25, 0.3) is 0 Å². The summed E-state index contributed by atoms with van der Waals surface area (Å²) in [6.45, 7) is 5.62. The lowest BCUT2D eigenvalue weighted by Gasteiger charge is -2.26. The molecule has 1 saturated heterocycles. The van der Waals surface area contributed by atoms with Gasteiger partial charge in [0.2, 0.25) is 0 Å². The second-order valence-corrected chi connectivity index (χ2v) is 5.52. The molecule has 1 aliphatic heterocycles. The predicted molar refractivity (Wildman–Crippen MR) is 69.3 cm³/mol. The van der Waals surface area contributed by atoms with E-state index in [0.717, 1.165) is 31.3 Å². The highest BCUT2D eigenvalue weighted by Gasteiger charge is 2.21. The maximum atomic E-state index is 6.23. The van der Waals surface area contributed by atoms with Crippen LogP contribution in [-0.4, -0.2) is 25.0 Å². The van der Waals surface area contributed by atoms with Gasteiger partial charge in [0.25, 0.3) is 0 Å². The van der Waals surface area contributed by atoms with Crippen molar-refractivity contribution in [2.45, 2.75) is 23.6 Å². The van der Waals surface area contributed by atoms with E-state index in [1.807, 2.05) is 23.9 Å². The normalized spacial score (nSPS) is 16.1. The van der Waals surface area contributed by atoms with Gasteiger partial charge in [0.1, 0.15) is 0 Å². The lowest BCUT2D eigenvalue weighted by Crippen LogP contribution is -2.30. The minimum absolute atomic E-state index is 0.596. The van der Waals surface area contributed by atoms with Gasteiger partial charge in [-0.2, -0.15) is 0 Å². The molecule has 0 spiro atoms. The maximum Gasteiger partial charge on any atom is 0.0611 e. The van der Waals surface area contributed by atoms with Gasteiger partial charge >= 0.3 is 0 Å². The number of halogens is 1. The molecule has 0 aliphatic carbocycles. The Morgan fingerprint density at radius 1 is 1.50 bits per heavy atom. The van der Waals surface area contributed by atoms with Crippen molar-refractivity contribution >= 4 is 23.4 Å². The Morgan fingerprint density at radius 2 is 2.31 bits per heavy atom. The number of nitrogens with one attached hydrogen (secondary N) is 1. The van der Waals surface area contributed by atoms with Crippen molar-refractivity contribution in [3.8, 4) is 0 Å². The summed E-state index contributed by atoms with van der Waals surface area (Å²) in [6, 6.07) is 6.11. The van der Waals surface area contributed by atoms with Gasteiger partial charge < -0.3 is 10.1 Å². The summed E-state index contributed by atoms with van der Waals surface area (Å²) in [5.74, 6) is 0. The van der Waals surface area contributed by atoms with E-state index < -0.39 is 0 Å². The molecule has 2 nitrogen and oxygen atoms in total. The van der Waals surface area contributed by atoms with E-state index >= 15 is 0 Å². The fourth-order valence-electron chi connectivity index (χ4n) is 1.53. The number of thioether (sulfide) groups is 1. The van der Waals surface area contributed by atoms with Gasteiger partial charge in [-0.3, -0.25) is 0 Å². The van der Waals surface area contributed by atoms with E-state index in [2.05, 4.69) is 18.3 Å². The van der Waals surface area contributed by atoms with Crippen LogP contribution in [0.4, 0.5) is 0 Å². The van der Waals surface area contributed by atoms with E-state index in [1.165, 1.54) is 10.5 Å². The van der Waals surface area contributed by atoms with Crippen LogP contribution in [0.2, 0.25) is 5.02 Å². The smallest absolute Gasteiger partial charge is 0.0611 e. The first-order valence-corrected chi connectivity index (χ1v) is 6.79. The standard InChI is InChI=1S/C12H16ClNOS/c1-2-14-6-10-11(13)4-3-5-12(10)16-9-7-15-8-9/h3-5,9,14H,2,6-8H2,1H3. The minimum Gasteiger partial charge on any atom is -0.379 e. The SMILES string of the molecule is CCNCc1c(Cl)cccc1SC1COC1. The summed E-state index contributed by atoms with van der Waals surface area (Å²) in [5, 5.41) is 4.78. The number of hydrogen-bond acceptors (Lipinski definition) is 3. The lowest BCUT2D eigenvalue weighted by molar-refractivity contribution is 0.0455. The first kappa shape index (κ1) is 12.2. The third-order valence-electron chi connectivity index (χ3n) is 2.53. The molecule has 16 heavy (non-hydrogen) atoms. The summed E-state index contributed by atoms with van der Waals surface area (Å²) in [6.07, 6.45) is 0. The van der Waals surface area contributed by atoms with E-state index in [-0.39, 0.29) is 0 Å². The highest BCUT2D eigenvalue weighted by molar-refractivity contribution is 8.00. The first-order chi connectivity index (χ1) is 7.81. The zero-order valence-corrected chi connectivity index (χ0v) is 10.9. The zero-order chi connectivity index (χ0) is 11.4. The molecule has 1 aromatic carbocycles. The van der Waals surface area contributed by atoms with Crippen molar-refractivity contribution in [1.29, 1.82) is 0 Å². The molecular formula is C12H16ClNOS. The minimum atomic E-state index is 0.596. The van der Waals surface area contributed by atoms with Crippen molar-refractivity contribution in [3.05, 3.63) is 28.8 Å². The molecule has 1 aromatic rings. The largest absolute Gasteiger partial charge is 0.379 e. The molecular weight excluding hydrogens is 242 g/mol. The van der Waals surface area contributed by atoms with E-state index in [0.29, 0.717) is 5.25 Å². The summed E-state index contributed by atoms with van der Waals surface area (Å²) in [5.41, 5.74) is 1.21. The molecule has 0 unspecified atom stereocenters. The Morgan fingerprint density at radius 3 is 2.94 bits per heavy atom. The molecule has 0 bridgehead atoms. The van der Waals surface area contributed by atoms with Crippen LogP contribution < -0.4 is 5.32 Å². The van der Waals surface area contributed by atoms with Gasteiger partial charge in [0.15, 0.2) is 0 Å². The highest BCUT2D eigenvalue weighted by atomic mass is 35.5. The van der Waals surface area contributed by atoms with Crippen LogP contribution in [-0.2, 0) is 11.3 Å². The molecule has 1 N–H and O–H groups in total. The molecule has 88 valence electrons.